The molecule has 0 saturated carbocycles. The number of aliphatic carboxylic acids is 2. The van der Waals surface area contributed by atoms with Crippen LogP contribution in [0.1, 0.15) is 0 Å². The largest absolute Gasteiger partial charge is 0.490 e. The number of hydrogen-bond acceptors (Lipinski definition) is 3. The number of para-hydroxylation sites is 2. The summed E-state index contributed by atoms with van der Waals surface area (Å²) in [6, 6.07) is 7.45. The van der Waals surface area contributed by atoms with E-state index in [0.717, 1.165) is 11.0 Å². The zero-order valence-electron chi connectivity index (χ0n) is 9.83. The summed E-state index contributed by atoms with van der Waals surface area (Å²) in [5.41, 5.74) is 1.67. The third-order valence-corrected chi connectivity index (χ3v) is 2.08. The predicted octanol–water partition coefficient (Wildman–Crippen LogP) is 1.75. The van der Waals surface area contributed by atoms with E-state index in [0.29, 0.717) is 0 Å². The molecule has 0 fully saturated rings. The van der Waals surface area contributed by atoms with Crippen molar-refractivity contribution in [1.82, 2.24) is 9.55 Å². The number of fused-ring (bicyclic) bond motifs is 1. The van der Waals surface area contributed by atoms with Crippen LogP contribution in [0.2, 0.25) is 0 Å². The second-order valence-electron chi connectivity index (χ2n) is 3.56. The summed E-state index contributed by atoms with van der Waals surface area (Å²) in [5.74, 6) is -3.62. The van der Waals surface area contributed by atoms with Gasteiger partial charge in [-0.2, -0.15) is 13.2 Å². The van der Waals surface area contributed by atoms with E-state index in [-0.39, 0.29) is 6.54 Å². The van der Waals surface area contributed by atoms with E-state index in [1.807, 2.05) is 24.3 Å². The molecule has 0 aliphatic rings. The third-order valence-electron chi connectivity index (χ3n) is 2.08. The molecule has 0 radical (unpaired) electrons. The molecule has 6 nitrogen and oxygen atoms in total. The first kappa shape index (κ1) is 15.5. The van der Waals surface area contributed by atoms with Gasteiger partial charge in [0.1, 0.15) is 6.54 Å². The van der Waals surface area contributed by atoms with E-state index in [9.17, 15) is 18.0 Å². The average molecular weight is 290 g/mol. The lowest BCUT2D eigenvalue weighted by atomic mass is 10.3. The van der Waals surface area contributed by atoms with Gasteiger partial charge in [0.2, 0.25) is 0 Å². The molecule has 0 aliphatic heterocycles. The highest BCUT2D eigenvalue weighted by atomic mass is 19.4. The molecule has 0 aliphatic carbocycles. The van der Waals surface area contributed by atoms with Crippen LogP contribution in [0.3, 0.4) is 0 Å². The summed E-state index contributed by atoms with van der Waals surface area (Å²) in [5, 5.41) is 15.7. The maximum atomic E-state index is 10.6. The van der Waals surface area contributed by atoms with Gasteiger partial charge in [0.15, 0.2) is 0 Å². The first-order chi connectivity index (χ1) is 9.21. The number of rotatable bonds is 2. The summed E-state index contributed by atoms with van der Waals surface area (Å²) in [4.78, 5) is 23.4. The van der Waals surface area contributed by atoms with Gasteiger partial charge in [0.25, 0.3) is 0 Å². The Morgan fingerprint density at radius 1 is 1.20 bits per heavy atom. The quantitative estimate of drug-likeness (QED) is 0.879. The van der Waals surface area contributed by atoms with Crippen molar-refractivity contribution in [3.05, 3.63) is 30.6 Å². The lowest BCUT2D eigenvalue weighted by molar-refractivity contribution is -0.192. The Labute approximate surface area is 110 Å². The number of alkyl halides is 3. The number of carboxylic acid groups (broad SMARTS) is 2. The standard InChI is InChI=1S/C9H8N2O2.C2HF3O2/c12-9(13)5-11-6-10-7-3-1-2-4-8(7)11;3-2(4,5)1(6)7/h1-4,6H,5H2,(H,12,13);(H,6,7). The second kappa shape index (κ2) is 6.04. The minimum absolute atomic E-state index is 0.0412. The number of halogens is 3. The van der Waals surface area contributed by atoms with Crippen LogP contribution in [0.25, 0.3) is 11.0 Å². The smallest absolute Gasteiger partial charge is 0.480 e. The summed E-state index contributed by atoms with van der Waals surface area (Å²) < 4.78 is 33.3. The fraction of sp³-hybridized carbons (Fsp3) is 0.182. The van der Waals surface area contributed by atoms with Crippen LogP contribution in [0.4, 0.5) is 13.2 Å². The number of hydrogen-bond donors (Lipinski definition) is 2. The lowest BCUT2D eigenvalue weighted by Crippen LogP contribution is -2.21. The molecule has 1 heterocycles. The van der Waals surface area contributed by atoms with E-state index >= 15 is 0 Å². The second-order valence-corrected chi connectivity index (χ2v) is 3.56. The van der Waals surface area contributed by atoms with Gasteiger partial charge in [-0.05, 0) is 12.1 Å². The van der Waals surface area contributed by atoms with Gasteiger partial charge < -0.3 is 14.8 Å². The number of carbonyl (C=O) groups is 2. The van der Waals surface area contributed by atoms with Crippen molar-refractivity contribution in [2.45, 2.75) is 12.7 Å². The average Bonchev–Trinajstić information content (AvgIpc) is 2.72. The molecule has 0 spiro atoms. The van der Waals surface area contributed by atoms with E-state index in [1.54, 1.807) is 10.9 Å². The summed E-state index contributed by atoms with van der Waals surface area (Å²) in [6.45, 7) is -0.0412. The molecular weight excluding hydrogens is 281 g/mol. The number of carboxylic acids is 2. The Morgan fingerprint density at radius 2 is 1.75 bits per heavy atom. The first-order valence-corrected chi connectivity index (χ1v) is 5.13. The van der Waals surface area contributed by atoms with E-state index in [4.69, 9.17) is 15.0 Å². The highest BCUT2D eigenvalue weighted by molar-refractivity contribution is 5.77. The normalized spacial score (nSPS) is 10.8. The highest BCUT2D eigenvalue weighted by Crippen LogP contribution is 2.13. The van der Waals surface area contributed by atoms with Crippen molar-refractivity contribution in [2.75, 3.05) is 0 Å². The topological polar surface area (TPSA) is 92.4 Å². The van der Waals surface area contributed by atoms with Crippen LogP contribution in [0, 0.1) is 0 Å². The Balaban J connectivity index is 0.000000246. The molecule has 0 unspecified atom stereocenters. The zero-order valence-corrected chi connectivity index (χ0v) is 9.83. The first-order valence-electron chi connectivity index (χ1n) is 5.13. The van der Waals surface area contributed by atoms with Crippen LogP contribution in [-0.2, 0) is 16.1 Å². The van der Waals surface area contributed by atoms with Crippen molar-refractivity contribution in [3.8, 4) is 0 Å². The minimum atomic E-state index is -5.08. The molecule has 20 heavy (non-hydrogen) atoms. The van der Waals surface area contributed by atoms with Gasteiger partial charge in [-0.3, -0.25) is 4.79 Å². The highest BCUT2D eigenvalue weighted by Gasteiger charge is 2.38. The SMILES string of the molecule is O=C(O)C(F)(F)F.O=C(O)Cn1cnc2ccccc21. The summed E-state index contributed by atoms with van der Waals surface area (Å²) in [6.07, 6.45) is -3.54. The van der Waals surface area contributed by atoms with E-state index < -0.39 is 18.1 Å². The van der Waals surface area contributed by atoms with Gasteiger partial charge in [0, 0.05) is 0 Å². The molecule has 2 rings (SSSR count). The monoisotopic (exact) mass is 290 g/mol. The number of imidazole rings is 1. The van der Waals surface area contributed by atoms with E-state index in [2.05, 4.69) is 4.98 Å². The van der Waals surface area contributed by atoms with E-state index in [1.165, 1.54) is 0 Å². The minimum Gasteiger partial charge on any atom is -0.480 e. The molecule has 0 saturated heterocycles. The van der Waals surface area contributed by atoms with Crippen LogP contribution >= 0.6 is 0 Å². The molecule has 1 aromatic heterocycles. The Kier molecular flexibility index (Phi) is 4.68. The van der Waals surface area contributed by atoms with Crippen LogP contribution in [0.15, 0.2) is 30.6 Å². The molecule has 108 valence electrons. The van der Waals surface area contributed by atoms with Gasteiger partial charge in [0.05, 0.1) is 17.4 Å². The van der Waals surface area contributed by atoms with Gasteiger partial charge >= 0.3 is 18.1 Å². The maximum Gasteiger partial charge on any atom is 0.490 e. The van der Waals surface area contributed by atoms with Crippen molar-refractivity contribution in [3.63, 3.8) is 0 Å². The Hall–Kier alpha value is -2.58. The van der Waals surface area contributed by atoms with Gasteiger partial charge in [-0.15, -0.1) is 0 Å². The van der Waals surface area contributed by atoms with Crippen molar-refractivity contribution in [2.24, 2.45) is 0 Å². The molecule has 1 aromatic carbocycles. The molecule has 0 atom stereocenters. The Morgan fingerprint density at radius 3 is 2.25 bits per heavy atom. The molecule has 0 bridgehead atoms. The molecular formula is C11H9F3N2O4. The maximum absolute atomic E-state index is 10.6. The van der Waals surface area contributed by atoms with Crippen molar-refractivity contribution in [1.29, 1.82) is 0 Å². The van der Waals surface area contributed by atoms with Gasteiger partial charge in [-0.1, -0.05) is 12.1 Å². The lowest BCUT2D eigenvalue weighted by Gasteiger charge is -1.97. The molecule has 2 N–H and O–H groups in total. The van der Waals surface area contributed by atoms with Crippen LogP contribution < -0.4 is 0 Å². The molecule has 0 amide bonds. The molecule has 2 aromatic rings. The van der Waals surface area contributed by atoms with Crippen LogP contribution in [-0.4, -0.2) is 37.9 Å². The van der Waals surface area contributed by atoms with Gasteiger partial charge in [-0.25, -0.2) is 9.78 Å². The summed E-state index contributed by atoms with van der Waals surface area (Å²) >= 11 is 0. The Bertz CT molecular complexity index is 621. The number of aromatic nitrogens is 2. The van der Waals surface area contributed by atoms with Crippen LogP contribution in [0.5, 0.6) is 0 Å². The van der Waals surface area contributed by atoms with Crippen molar-refractivity contribution >= 4 is 23.0 Å². The zero-order chi connectivity index (χ0) is 15.3. The fourth-order valence-electron chi connectivity index (χ4n) is 1.28. The number of benzene rings is 1. The summed E-state index contributed by atoms with van der Waals surface area (Å²) in [7, 11) is 0. The molecule has 9 heteroatoms. The third kappa shape index (κ3) is 4.26. The fourth-order valence-corrected chi connectivity index (χ4v) is 1.28. The van der Waals surface area contributed by atoms with Crippen molar-refractivity contribution < 1.29 is 33.0 Å². The number of nitrogens with zero attached hydrogens (tertiary/aromatic N) is 2. The predicted molar refractivity (Wildman–Crippen MR) is 61.1 cm³/mol.